The molecule has 9 heteroatoms. The number of rotatable bonds is 5. The van der Waals surface area contributed by atoms with Gasteiger partial charge in [-0.2, -0.15) is 0 Å². The van der Waals surface area contributed by atoms with Crippen LogP contribution in [0.4, 0.5) is 5.82 Å². The second-order valence-corrected chi connectivity index (χ2v) is 7.27. The summed E-state index contributed by atoms with van der Waals surface area (Å²) in [6.45, 7) is 8.05. The molecular weight excluding hydrogens is 368 g/mol. The Hall–Kier alpha value is -3.10. The molecule has 152 valence electrons. The van der Waals surface area contributed by atoms with Crippen LogP contribution in [-0.2, 0) is 11.3 Å². The Labute approximate surface area is 169 Å². The summed E-state index contributed by atoms with van der Waals surface area (Å²) in [6, 6.07) is 0.148. The molecule has 1 fully saturated rings. The molecular formula is C20H26N8O. The van der Waals surface area contributed by atoms with Gasteiger partial charge in [-0.1, -0.05) is 6.92 Å². The first-order valence-electron chi connectivity index (χ1n) is 10.1. The van der Waals surface area contributed by atoms with E-state index in [0.717, 1.165) is 54.3 Å². The van der Waals surface area contributed by atoms with Crippen molar-refractivity contribution in [2.75, 3.05) is 18.4 Å². The van der Waals surface area contributed by atoms with Gasteiger partial charge in [0, 0.05) is 44.5 Å². The number of nitrogens with one attached hydrogen (secondary N) is 1. The minimum Gasteiger partial charge on any atom is -0.364 e. The topological polar surface area (TPSA) is 102 Å². The van der Waals surface area contributed by atoms with Crippen molar-refractivity contribution in [1.29, 1.82) is 0 Å². The summed E-state index contributed by atoms with van der Waals surface area (Å²) in [5, 5.41) is 3.51. The monoisotopic (exact) mass is 394 g/mol. The molecule has 0 radical (unpaired) electrons. The van der Waals surface area contributed by atoms with Gasteiger partial charge < -0.3 is 14.8 Å². The molecule has 1 N–H and O–H groups in total. The minimum absolute atomic E-state index is 0.148. The van der Waals surface area contributed by atoms with Crippen molar-refractivity contribution in [1.82, 2.24) is 34.4 Å². The zero-order valence-electron chi connectivity index (χ0n) is 17.1. The molecule has 1 amide bonds. The van der Waals surface area contributed by atoms with Crippen LogP contribution in [0, 0.1) is 6.92 Å². The van der Waals surface area contributed by atoms with Crippen LogP contribution < -0.4 is 5.32 Å². The van der Waals surface area contributed by atoms with Gasteiger partial charge in [0.15, 0.2) is 17.0 Å². The lowest BCUT2D eigenvalue weighted by molar-refractivity contribution is -0.131. The number of anilines is 1. The van der Waals surface area contributed by atoms with Gasteiger partial charge in [-0.25, -0.2) is 24.9 Å². The van der Waals surface area contributed by atoms with Crippen LogP contribution in [0.3, 0.4) is 0 Å². The van der Waals surface area contributed by atoms with Gasteiger partial charge in [0.05, 0.1) is 5.56 Å². The van der Waals surface area contributed by atoms with E-state index in [1.54, 1.807) is 18.7 Å². The second-order valence-electron chi connectivity index (χ2n) is 7.27. The smallest absolute Gasteiger partial charge is 0.222 e. The first kappa shape index (κ1) is 19.2. The quantitative estimate of drug-likeness (QED) is 0.709. The predicted molar refractivity (Wildman–Crippen MR) is 110 cm³/mol. The highest BCUT2D eigenvalue weighted by atomic mass is 16.2. The molecule has 0 aliphatic carbocycles. The SMILES string of the molecule is CCC(=O)N1CCCC(Nc2ncnc3c2nc(-c2cnc(C)nc2)n3CC)C1. The van der Waals surface area contributed by atoms with Crippen molar-refractivity contribution in [3.8, 4) is 11.4 Å². The lowest BCUT2D eigenvalue weighted by Gasteiger charge is -2.33. The van der Waals surface area contributed by atoms with E-state index in [9.17, 15) is 4.79 Å². The molecule has 29 heavy (non-hydrogen) atoms. The Balaban J connectivity index is 1.67. The number of amides is 1. The van der Waals surface area contributed by atoms with Crippen LogP contribution in [0.25, 0.3) is 22.6 Å². The molecule has 4 heterocycles. The van der Waals surface area contributed by atoms with E-state index in [0.29, 0.717) is 18.8 Å². The summed E-state index contributed by atoms with van der Waals surface area (Å²) in [5.74, 6) is 2.39. The Morgan fingerprint density at radius 2 is 2.00 bits per heavy atom. The highest BCUT2D eigenvalue weighted by molar-refractivity contribution is 5.86. The average Bonchev–Trinajstić information content (AvgIpc) is 3.13. The normalized spacial score (nSPS) is 16.9. The van der Waals surface area contributed by atoms with Gasteiger partial charge >= 0.3 is 0 Å². The van der Waals surface area contributed by atoms with Crippen molar-refractivity contribution in [2.24, 2.45) is 0 Å². The summed E-state index contributed by atoms with van der Waals surface area (Å²) in [5.41, 5.74) is 2.35. The molecule has 3 aromatic rings. The van der Waals surface area contributed by atoms with Gasteiger partial charge in [-0.05, 0) is 26.7 Å². The lowest BCUT2D eigenvalue weighted by Crippen LogP contribution is -2.45. The van der Waals surface area contributed by atoms with Gasteiger partial charge in [0.2, 0.25) is 5.91 Å². The Kier molecular flexibility index (Phi) is 5.37. The molecule has 1 unspecified atom stereocenters. The molecule has 1 saturated heterocycles. The van der Waals surface area contributed by atoms with Crippen LogP contribution in [-0.4, -0.2) is 59.4 Å². The largest absolute Gasteiger partial charge is 0.364 e. The molecule has 0 aromatic carbocycles. The number of aromatic nitrogens is 6. The Morgan fingerprint density at radius 3 is 2.72 bits per heavy atom. The molecule has 3 aromatic heterocycles. The summed E-state index contributed by atoms with van der Waals surface area (Å²) in [7, 11) is 0. The molecule has 1 aliphatic heterocycles. The summed E-state index contributed by atoms with van der Waals surface area (Å²) < 4.78 is 2.05. The number of likely N-dealkylation sites (tertiary alicyclic amines) is 1. The third kappa shape index (κ3) is 3.76. The van der Waals surface area contributed by atoms with E-state index in [-0.39, 0.29) is 11.9 Å². The predicted octanol–water partition coefficient (Wildman–Crippen LogP) is 2.42. The number of hydrogen-bond donors (Lipinski definition) is 1. The number of hydrogen-bond acceptors (Lipinski definition) is 7. The van der Waals surface area contributed by atoms with E-state index in [4.69, 9.17) is 4.98 Å². The number of fused-ring (bicyclic) bond motifs is 1. The fraction of sp³-hybridized carbons (Fsp3) is 0.500. The van der Waals surface area contributed by atoms with Gasteiger partial charge in [-0.15, -0.1) is 0 Å². The van der Waals surface area contributed by atoms with Gasteiger partial charge in [0.1, 0.15) is 18.0 Å². The van der Waals surface area contributed by atoms with E-state index in [1.165, 1.54) is 0 Å². The highest BCUT2D eigenvalue weighted by Gasteiger charge is 2.24. The number of imidazole rings is 1. The number of carbonyl (C=O) groups excluding carboxylic acids is 1. The lowest BCUT2D eigenvalue weighted by atomic mass is 10.1. The van der Waals surface area contributed by atoms with Crippen molar-refractivity contribution in [2.45, 2.75) is 52.6 Å². The number of carbonyl (C=O) groups is 1. The number of nitrogens with zero attached hydrogens (tertiary/aromatic N) is 7. The van der Waals surface area contributed by atoms with Crippen molar-refractivity contribution >= 4 is 22.9 Å². The van der Waals surface area contributed by atoms with E-state index in [1.807, 2.05) is 23.3 Å². The standard InChI is InChI=1S/C20H26N8O/c1-4-16(29)27-8-6-7-15(11-27)25-18-17-20(24-12-23-18)28(5-2)19(26-17)14-9-21-13(3)22-10-14/h9-10,12,15H,4-8,11H2,1-3H3,(H,23,24,25). The zero-order valence-corrected chi connectivity index (χ0v) is 17.1. The van der Waals surface area contributed by atoms with E-state index < -0.39 is 0 Å². The molecule has 1 atom stereocenters. The van der Waals surface area contributed by atoms with Crippen LogP contribution in [0.1, 0.15) is 38.9 Å². The van der Waals surface area contributed by atoms with Gasteiger partial charge in [-0.3, -0.25) is 4.79 Å². The molecule has 0 spiro atoms. The third-order valence-electron chi connectivity index (χ3n) is 5.30. The fourth-order valence-corrected chi connectivity index (χ4v) is 3.81. The number of piperidine rings is 1. The Bertz CT molecular complexity index is 1010. The van der Waals surface area contributed by atoms with Crippen molar-refractivity contribution in [3.63, 3.8) is 0 Å². The Morgan fingerprint density at radius 1 is 1.21 bits per heavy atom. The molecule has 1 aliphatic rings. The fourth-order valence-electron chi connectivity index (χ4n) is 3.81. The maximum Gasteiger partial charge on any atom is 0.222 e. The first-order valence-corrected chi connectivity index (χ1v) is 10.1. The highest BCUT2D eigenvalue weighted by Crippen LogP contribution is 2.27. The van der Waals surface area contributed by atoms with Crippen molar-refractivity contribution < 1.29 is 4.79 Å². The molecule has 9 nitrogen and oxygen atoms in total. The summed E-state index contributed by atoms with van der Waals surface area (Å²) >= 11 is 0. The minimum atomic E-state index is 0.148. The maximum absolute atomic E-state index is 12.1. The van der Waals surface area contributed by atoms with Crippen LogP contribution >= 0.6 is 0 Å². The molecule has 0 bridgehead atoms. The summed E-state index contributed by atoms with van der Waals surface area (Å²) in [4.78, 5) is 36.4. The third-order valence-corrected chi connectivity index (χ3v) is 5.30. The second kappa shape index (κ2) is 8.10. The number of aryl methyl sites for hydroxylation is 2. The van der Waals surface area contributed by atoms with Gasteiger partial charge in [0.25, 0.3) is 0 Å². The van der Waals surface area contributed by atoms with Crippen LogP contribution in [0.15, 0.2) is 18.7 Å². The maximum atomic E-state index is 12.1. The average molecular weight is 394 g/mol. The summed E-state index contributed by atoms with van der Waals surface area (Å²) in [6.07, 6.45) is 7.63. The van der Waals surface area contributed by atoms with Crippen LogP contribution in [0.2, 0.25) is 0 Å². The molecule has 0 saturated carbocycles. The van der Waals surface area contributed by atoms with E-state index >= 15 is 0 Å². The first-order chi connectivity index (χ1) is 14.1. The molecule has 4 rings (SSSR count). The zero-order chi connectivity index (χ0) is 20.4. The van der Waals surface area contributed by atoms with E-state index in [2.05, 4.69) is 32.2 Å². The van der Waals surface area contributed by atoms with Crippen molar-refractivity contribution in [3.05, 3.63) is 24.5 Å². The van der Waals surface area contributed by atoms with Crippen LogP contribution in [0.5, 0.6) is 0 Å².